The Balaban J connectivity index is 2.03. The van der Waals surface area contributed by atoms with Gasteiger partial charge in [-0.15, -0.1) is 0 Å². The van der Waals surface area contributed by atoms with E-state index < -0.39 is 0 Å². The first-order valence-corrected chi connectivity index (χ1v) is 5.77. The topological polar surface area (TPSA) is 24.1 Å². The molecular formula is C11H24N2. The molecule has 1 aliphatic rings. The molecule has 0 aromatic rings. The minimum atomic E-state index is 0.708. The molecule has 1 rings (SSSR count). The molecule has 0 saturated carbocycles. The van der Waals surface area contributed by atoms with E-state index in [9.17, 15) is 0 Å². The van der Waals surface area contributed by atoms with Gasteiger partial charge in [-0.2, -0.15) is 0 Å². The SMILES string of the molecule is CCCC(C)NCC1CCNCC1. The molecule has 1 heterocycles. The summed E-state index contributed by atoms with van der Waals surface area (Å²) in [5.74, 6) is 0.917. The average Bonchev–Trinajstić information content (AvgIpc) is 2.17. The quantitative estimate of drug-likeness (QED) is 0.680. The van der Waals surface area contributed by atoms with E-state index in [1.54, 1.807) is 0 Å². The first-order valence-electron chi connectivity index (χ1n) is 5.77. The van der Waals surface area contributed by atoms with Crippen LogP contribution in [-0.4, -0.2) is 25.7 Å². The lowest BCUT2D eigenvalue weighted by Gasteiger charge is -2.24. The summed E-state index contributed by atoms with van der Waals surface area (Å²) in [6.07, 6.45) is 5.31. The second kappa shape index (κ2) is 6.39. The van der Waals surface area contributed by atoms with Crippen LogP contribution in [0, 0.1) is 5.92 Å². The highest BCUT2D eigenvalue weighted by molar-refractivity contribution is 4.72. The molecule has 1 unspecified atom stereocenters. The van der Waals surface area contributed by atoms with Gasteiger partial charge in [0.25, 0.3) is 0 Å². The molecule has 2 N–H and O–H groups in total. The molecule has 1 atom stereocenters. The van der Waals surface area contributed by atoms with Crippen LogP contribution in [0.3, 0.4) is 0 Å². The summed E-state index contributed by atoms with van der Waals surface area (Å²) in [6.45, 7) is 8.21. The molecule has 0 amide bonds. The van der Waals surface area contributed by atoms with Gasteiger partial charge in [-0.25, -0.2) is 0 Å². The summed E-state index contributed by atoms with van der Waals surface area (Å²) < 4.78 is 0. The van der Waals surface area contributed by atoms with Crippen molar-refractivity contribution in [1.29, 1.82) is 0 Å². The van der Waals surface area contributed by atoms with Gasteiger partial charge in [0.05, 0.1) is 0 Å². The monoisotopic (exact) mass is 184 g/mol. The maximum absolute atomic E-state index is 3.63. The Hall–Kier alpha value is -0.0800. The van der Waals surface area contributed by atoms with Crippen LogP contribution >= 0.6 is 0 Å². The van der Waals surface area contributed by atoms with Crippen molar-refractivity contribution in [3.05, 3.63) is 0 Å². The molecule has 2 heteroatoms. The lowest BCUT2D eigenvalue weighted by molar-refractivity contribution is 0.339. The number of hydrogen-bond donors (Lipinski definition) is 2. The molecule has 0 radical (unpaired) electrons. The number of piperidine rings is 1. The summed E-state index contributed by atoms with van der Waals surface area (Å²) >= 11 is 0. The third-order valence-corrected chi connectivity index (χ3v) is 2.94. The molecule has 13 heavy (non-hydrogen) atoms. The van der Waals surface area contributed by atoms with Crippen LogP contribution < -0.4 is 10.6 Å². The van der Waals surface area contributed by atoms with Crippen LogP contribution in [0.4, 0.5) is 0 Å². The summed E-state index contributed by atoms with van der Waals surface area (Å²) in [4.78, 5) is 0. The van der Waals surface area contributed by atoms with Gasteiger partial charge in [0, 0.05) is 6.04 Å². The maximum atomic E-state index is 3.63. The summed E-state index contributed by atoms with van der Waals surface area (Å²) in [5, 5.41) is 7.03. The van der Waals surface area contributed by atoms with E-state index in [1.165, 1.54) is 45.3 Å². The van der Waals surface area contributed by atoms with Crippen LogP contribution in [0.5, 0.6) is 0 Å². The summed E-state index contributed by atoms with van der Waals surface area (Å²) in [6, 6.07) is 0.708. The summed E-state index contributed by atoms with van der Waals surface area (Å²) in [7, 11) is 0. The van der Waals surface area contributed by atoms with Gasteiger partial charge in [-0.1, -0.05) is 13.3 Å². The highest BCUT2D eigenvalue weighted by Gasteiger charge is 2.12. The average molecular weight is 184 g/mol. The Kier molecular flexibility index (Phi) is 5.40. The molecule has 2 nitrogen and oxygen atoms in total. The molecule has 1 aliphatic heterocycles. The molecule has 78 valence electrons. The molecule has 0 bridgehead atoms. The highest BCUT2D eigenvalue weighted by atomic mass is 14.9. The predicted molar refractivity (Wildman–Crippen MR) is 58.0 cm³/mol. The van der Waals surface area contributed by atoms with Gasteiger partial charge in [-0.3, -0.25) is 0 Å². The van der Waals surface area contributed by atoms with Crippen molar-refractivity contribution in [3.63, 3.8) is 0 Å². The van der Waals surface area contributed by atoms with Crippen LogP contribution in [-0.2, 0) is 0 Å². The predicted octanol–water partition coefficient (Wildman–Crippen LogP) is 1.76. The third-order valence-electron chi connectivity index (χ3n) is 2.94. The van der Waals surface area contributed by atoms with Crippen molar-refractivity contribution in [2.24, 2.45) is 5.92 Å². The number of hydrogen-bond acceptors (Lipinski definition) is 2. The Morgan fingerprint density at radius 2 is 2.08 bits per heavy atom. The van der Waals surface area contributed by atoms with Gasteiger partial charge < -0.3 is 10.6 Å². The summed E-state index contributed by atoms with van der Waals surface area (Å²) in [5.41, 5.74) is 0. The Morgan fingerprint density at radius 3 is 2.69 bits per heavy atom. The van der Waals surface area contributed by atoms with Gasteiger partial charge in [0.1, 0.15) is 0 Å². The van der Waals surface area contributed by atoms with E-state index in [0.717, 1.165) is 5.92 Å². The zero-order chi connectivity index (χ0) is 9.52. The van der Waals surface area contributed by atoms with Gasteiger partial charge in [0.15, 0.2) is 0 Å². The van der Waals surface area contributed by atoms with Crippen LogP contribution in [0.1, 0.15) is 39.5 Å². The first-order chi connectivity index (χ1) is 6.33. The second-order valence-corrected chi connectivity index (χ2v) is 4.29. The molecule has 0 spiro atoms. The zero-order valence-electron chi connectivity index (χ0n) is 9.10. The first kappa shape index (κ1) is 11.0. The van der Waals surface area contributed by atoms with E-state index in [1.807, 2.05) is 0 Å². The van der Waals surface area contributed by atoms with Crippen molar-refractivity contribution in [1.82, 2.24) is 10.6 Å². The maximum Gasteiger partial charge on any atom is 0.00387 e. The van der Waals surface area contributed by atoms with E-state index >= 15 is 0 Å². The van der Waals surface area contributed by atoms with E-state index in [2.05, 4.69) is 24.5 Å². The Bertz CT molecular complexity index is 119. The molecule has 1 saturated heterocycles. The van der Waals surface area contributed by atoms with Gasteiger partial charge in [0.2, 0.25) is 0 Å². The van der Waals surface area contributed by atoms with Crippen LogP contribution in [0.15, 0.2) is 0 Å². The molecular weight excluding hydrogens is 160 g/mol. The third kappa shape index (κ3) is 4.63. The fourth-order valence-corrected chi connectivity index (χ4v) is 1.99. The normalized spacial score (nSPS) is 21.7. The van der Waals surface area contributed by atoms with Crippen molar-refractivity contribution >= 4 is 0 Å². The molecule has 0 aromatic heterocycles. The van der Waals surface area contributed by atoms with Crippen molar-refractivity contribution in [3.8, 4) is 0 Å². The number of rotatable bonds is 5. The van der Waals surface area contributed by atoms with Crippen molar-refractivity contribution < 1.29 is 0 Å². The Morgan fingerprint density at radius 1 is 1.38 bits per heavy atom. The van der Waals surface area contributed by atoms with E-state index in [4.69, 9.17) is 0 Å². The standard InChI is InChI=1S/C11H24N2/c1-3-4-10(2)13-9-11-5-7-12-8-6-11/h10-13H,3-9H2,1-2H3. The van der Waals surface area contributed by atoms with Crippen LogP contribution in [0.25, 0.3) is 0 Å². The van der Waals surface area contributed by atoms with Crippen molar-refractivity contribution in [2.75, 3.05) is 19.6 Å². The zero-order valence-corrected chi connectivity index (χ0v) is 9.10. The number of nitrogens with one attached hydrogen (secondary N) is 2. The van der Waals surface area contributed by atoms with Gasteiger partial charge >= 0.3 is 0 Å². The fourth-order valence-electron chi connectivity index (χ4n) is 1.99. The molecule has 1 fully saturated rings. The second-order valence-electron chi connectivity index (χ2n) is 4.29. The Labute approximate surface area is 82.5 Å². The highest BCUT2D eigenvalue weighted by Crippen LogP contribution is 2.10. The largest absolute Gasteiger partial charge is 0.317 e. The minimum absolute atomic E-state index is 0.708. The molecule has 0 aliphatic carbocycles. The smallest absolute Gasteiger partial charge is 0.00387 e. The minimum Gasteiger partial charge on any atom is -0.317 e. The molecule has 0 aromatic carbocycles. The van der Waals surface area contributed by atoms with E-state index in [0.29, 0.717) is 6.04 Å². The van der Waals surface area contributed by atoms with Crippen molar-refractivity contribution in [2.45, 2.75) is 45.6 Å². The lowest BCUT2D eigenvalue weighted by atomic mass is 9.98. The fraction of sp³-hybridized carbons (Fsp3) is 1.00. The van der Waals surface area contributed by atoms with E-state index in [-0.39, 0.29) is 0 Å². The van der Waals surface area contributed by atoms with Gasteiger partial charge in [-0.05, 0) is 51.7 Å². The lowest BCUT2D eigenvalue weighted by Crippen LogP contribution is -2.36. The van der Waals surface area contributed by atoms with Crippen LogP contribution in [0.2, 0.25) is 0 Å².